The summed E-state index contributed by atoms with van der Waals surface area (Å²) in [7, 11) is 0. The maximum atomic E-state index is 13.0. The van der Waals surface area contributed by atoms with Crippen molar-refractivity contribution in [2.75, 3.05) is 6.54 Å². The van der Waals surface area contributed by atoms with Crippen LogP contribution in [0.5, 0.6) is 0 Å². The number of H-pyrrole nitrogens is 1. The Bertz CT molecular complexity index is 878. The molecule has 15 nitrogen and oxygen atoms in total. The molecule has 1 rings (SSSR count). The molecule has 0 aliphatic carbocycles. The van der Waals surface area contributed by atoms with Crippen molar-refractivity contribution < 1.29 is 34.2 Å². The number of rotatable bonds is 17. The van der Waals surface area contributed by atoms with Gasteiger partial charge in [-0.1, -0.05) is 0 Å². The summed E-state index contributed by atoms with van der Waals surface area (Å²) in [5.74, 6) is -4.42. The molecule has 5 atom stereocenters. The van der Waals surface area contributed by atoms with E-state index in [2.05, 4.69) is 25.9 Å². The molecule has 12 N–H and O–H groups in total. The molecule has 0 fully saturated rings. The Hall–Kier alpha value is -3.56. The molecule has 4 amide bonds. The highest BCUT2D eigenvalue weighted by molar-refractivity contribution is 5.94. The van der Waals surface area contributed by atoms with Crippen molar-refractivity contribution >= 4 is 29.6 Å². The molecule has 0 saturated heterocycles. The zero-order valence-corrected chi connectivity index (χ0v) is 20.1. The fourth-order valence-corrected chi connectivity index (χ4v) is 3.16. The summed E-state index contributed by atoms with van der Waals surface area (Å²) in [6.07, 6.45) is 2.20. The predicted octanol–water partition coefficient (Wildman–Crippen LogP) is -3.41. The number of carbonyl (C=O) groups is 5. The van der Waals surface area contributed by atoms with Gasteiger partial charge in [-0.15, -0.1) is 0 Å². The van der Waals surface area contributed by atoms with Gasteiger partial charge in [-0.3, -0.25) is 19.2 Å². The summed E-state index contributed by atoms with van der Waals surface area (Å²) in [6, 6.07) is -5.09. The van der Waals surface area contributed by atoms with Gasteiger partial charge in [0.2, 0.25) is 23.6 Å². The molecule has 1 aromatic rings. The van der Waals surface area contributed by atoms with Gasteiger partial charge in [0.05, 0.1) is 12.4 Å². The van der Waals surface area contributed by atoms with Crippen LogP contribution in [0.2, 0.25) is 0 Å². The van der Waals surface area contributed by atoms with E-state index in [0.29, 0.717) is 25.1 Å². The van der Waals surface area contributed by atoms with Gasteiger partial charge in [0.25, 0.3) is 0 Å². The number of hydrogen-bond acceptors (Lipinski definition) is 9. The quantitative estimate of drug-likeness (QED) is 0.0933. The minimum atomic E-state index is -1.34. The van der Waals surface area contributed by atoms with Crippen LogP contribution >= 0.6 is 0 Å². The van der Waals surface area contributed by atoms with Crippen LogP contribution in [0.4, 0.5) is 0 Å². The molecule has 0 spiro atoms. The highest BCUT2D eigenvalue weighted by Crippen LogP contribution is 2.07. The first-order valence-electron chi connectivity index (χ1n) is 11.5. The number of aromatic nitrogens is 2. The molecule has 202 valence electrons. The highest BCUT2D eigenvalue weighted by Gasteiger charge is 2.31. The highest BCUT2D eigenvalue weighted by atomic mass is 16.4. The second-order valence-corrected chi connectivity index (χ2v) is 8.36. The summed E-state index contributed by atoms with van der Waals surface area (Å²) in [5, 5.41) is 26.3. The van der Waals surface area contributed by atoms with Gasteiger partial charge >= 0.3 is 5.97 Å². The normalized spacial score (nSPS) is 15.1. The average molecular weight is 513 g/mol. The number of aromatic amines is 1. The molecule has 0 aromatic carbocycles. The van der Waals surface area contributed by atoms with Crippen LogP contribution in [0.15, 0.2) is 12.5 Å². The van der Waals surface area contributed by atoms with Gasteiger partial charge < -0.3 is 48.3 Å². The number of carboxylic acid groups (broad SMARTS) is 1. The number of hydrogen-bond donors (Lipinski definition) is 9. The number of nitrogens with zero attached hydrogens (tertiary/aromatic N) is 1. The lowest BCUT2D eigenvalue weighted by molar-refractivity contribution is -0.142. The van der Waals surface area contributed by atoms with E-state index in [1.807, 2.05) is 0 Å². The lowest BCUT2D eigenvalue weighted by atomic mass is 10.0. The molecule has 1 aromatic heterocycles. The largest absolute Gasteiger partial charge is 0.480 e. The number of unbranched alkanes of at least 4 members (excludes halogenated alkanes) is 1. The molecule has 0 saturated carbocycles. The number of carbonyl (C=O) groups excluding carboxylic acids is 4. The smallest absolute Gasteiger partial charge is 0.326 e. The first-order valence-corrected chi connectivity index (χ1v) is 11.5. The molecule has 0 radical (unpaired) electrons. The third-order valence-corrected chi connectivity index (χ3v) is 5.31. The molecule has 36 heavy (non-hydrogen) atoms. The van der Waals surface area contributed by atoms with E-state index >= 15 is 0 Å². The average Bonchev–Trinajstić information content (AvgIpc) is 3.32. The number of aliphatic carboxylic acids is 1. The number of amides is 4. The van der Waals surface area contributed by atoms with E-state index in [9.17, 15) is 34.2 Å². The summed E-state index contributed by atoms with van der Waals surface area (Å²) in [4.78, 5) is 67.7. The van der Waals surface area contributed by atoms with E-state index in [1.54, 1.807) is 0 Å². The third kappa shape index (κ3) is 10.8. The van der Waals surface area contributed by atoms with Gasteiger partial charge in [-0.25, -0.2) is 9.78 Å². The van der Waals surface area contributed by atoms with Crippen molar-refractivity contribution in [3.8, 4) is 0 Å². The molecule has 0 bridgehead atoms. The third-order valence-electron chi connectivity index (χ3n) is 5.31. The zero-order valence-electron chi connectivity index (χ0n) is 20.1. The second kappa shape index (κ2) is 15.4. The van der Waals surface area contributed by atoms with Gasteiger partial charge in [0.1, 0.15) is 24.2 Å². The Labute approximate surface area is 207 Å². The van der Waals surface area contributed by atoms with Crippen LogP contribution in [-0.2, 0) is 30.4 Å². The number of nitrogens with two attached hydrogens (primary N) is 3. The minimum Gasteiger partial charge on any atom is -0.480 e. The maximum absolute atomic E-state index is 13.0. The molecule has 0 aliphatic rings. The van der Waals surface area contributed by atoms with Gasteiger partial charge in [-0.2, -0.15) is 0 Å². The number of aliphatic hydroxyl groups is 1. The van der Waals surface area contributed by atoms with Gasteiger partial charge in [0, 0.05) is 24.7 Å². The minimum absolute atomic E-state index is 0.0704. The van der Waals surface area contributed by atoms with Crippen molar-refractivity contribution in [3.05, 3.63) is 18.2 Å². The standard InChI is InChI=1S/C21H36N8O7/c1-11(30)17(24)20(34)28-14(5-6-16(23)31)19(33)27-13(4-2-3-7-22)18(32)29-15(21(35)36)8-12-9-25-10-26-12/h9-11,13-15,17,30H,2-8,22,24H2,1H3,(H2,23,31)(H,25,26)(H,27,33)(H,28,34)(H,29,32)(H,35,36). The molecule has 0 aliphatic heterocycles. The van der Waals surface area contributed by atoms with E-state index in [0.717, 1.165) is 0 Å². The van der Waals surface area contributed by atoms with E-state index in [1.165, 1.54) is 19.4 Å². The lowest BCUT2D eigenvalue weighted by Crippen LogP contribution is -2.58. The summed E-state index contributed by atoms with van der Waals surface area (Å²) in [6.45, 7) is 1.64. The number of primary amides is 1. The molecular formula is C21H36N8O7. The summed E-state index contributed by atoms with van der Waals surface area (Å²) < 4.78 is 0. The van der Waals surface area contributed by atoms with Crippen molar-refractivity contribution in [2.45, 2.75) is 75.7 Å². The van der Waals surface area contributed by atoms with Crippen LogP contribution in [0.1, 0.15) is 44.7 Å². The Morgan fingerprint density at radius 1 is 1.00 bits per heavy atom. The summed E-state index contributed by atoms with van der Waals surface area (Å²) in [5.41, 5.74) is 16.8. The van der Waals surface area contributed by atoms with Crippen LogP contribution < -0.4 is 33.2 Å². The van der Waals surface area contributed by atoms with Crippen molar-refractivity contribution in [2.24, 2.45) is 17.2 Å². The Kier molecular flexibility index (Phi) is 13.1. The second-order valence-electron chi connectivity index (χ2n) is 8.36. The van der Waals surface area contributed by atoms with Crippen LogP contribution in [0.3, 0.4) is 0 Å². The van der Waals surface area contributed by atoms with Crippen LogP contribution in [0, 0.1) is 0 Å². The van der Waals surface area contributed by atoms with Crippen LogP contribution in [-0.4, -0.2) is 86.6 Å². The molecular weight excluding hydrogens is 476 g/mol. The SMILES string of the molecule is CC(O)C(N)C(=O)NC(CCC(N)=O)C(=O)NC(CCCCN)C(=O)NC(Cc1cnc[nH]1)C(=O)O. The lowest BCUT2D eigenvalue weighted by Gasteiger charge is -2.25. The Balaban J connectivity index is 3.01. The molecule has 5 unspecified atom stereocenters. The fraction of sp³-hybridized carbons (Fsp3) is 0.619. The number of carboxylic acids is 1. The zero-order chi connectivity index (χ0) is 27.3. The predicted molar refractivity (Wildman–Crippen MR) is 127 cm³/mol. The fourth-order valence-electron chi connectivity index (χ4n) is 3.16. The molecule has 1 heterocycles. The Morgan fingerprint density at radius 2 is 1.58 bits per heavy atom. The topological polar surface area (TPSA) is 269 Å². The van der Waals surface area contributed by atoms with Gasteiger partial charge in [-0.05, 0) is 39.2 Å². The monoisotopic (exact) mass is 512 g/mol. The molecule has 15 heteroatoms. The number of nitrogens with one attached hydrogen (secondary N) is 4. The van der Waals surface area contributed by atoms with Crippen molar-refractivity contribution in [1.29, 1.82) is 0 Å². The van der Waals surface area contributed by atoms with E-state index in [-0.39, 0.29) is 25.7 Å². The Morgan fingerprint density at radius 3 is 2.08 bits per heavy atom. The van der Waals surface area contributed by atoms with Crippen molar-refractivity contribution in [3.63, 3.8) is 0 Å². The number of aliphatic hydroxyl groups excluding tert-OH is 1. The number of imidazole rings is 1. The maximum Gasteiger partial charge on any atom is 0.326 e. The first kappa shape index (κ1) is 30.5. The van der Waals surface area contributed by atoms with Crippen LogP contribution in [0.25, 0.3) is 0 Å². The van der Waals surface area contributed by atoms with E-state index in [4.69, 9.17) is 17.2 Å². The van der Waals surface area contributed by atoms with E-state index < -0.39 is 59.9 Å². The first-order chi connectivity index (χ1) is 17.0. The van der Waals surface area contributed by atoms with Crippen molar-refractivity contribution in [1.82, 2.24) is 25.9 Å². The summed E-state index contributed by atoms with van der Waals surface area (Å²) >= 11 is 0. The van der Waals surface area contributed by atoms with Gasteiger partial charge in [0.15, 0.2) is 0 Å².